The van der Waals surface area contributed by atoms with Gasteiger partial charge in [-0.15, -0.1) is 6.58 Å². The first-order chi connectivity index (χ1) is 12.0. The number of ether oxygens (including phenoxy) is 2. The Kier molecular flexibility index (Phi) is 3.47. The standard InChI is InChI=1S/C19H19NO5/c1-3-4-14-19-10-9-13(25-19)15(18(22)23)16(19)17(21)20(14)11-5-7-12(24-2)8-6-11/h3,5-10,13-16H,1,4H2,2H3,(H,22,23)/t13-,14+,15+,16+,19-/m0/s1. The Balaban J connectivity index is 1.80. The van der Waals surface area contributed by atoms with Gasteiger partial charge in [0.05, 0.1) is 25.2 Å². The molecule has 1 aromatic rings. The van der Waals surface area contributed by atoms with E-state index in [9.17, 15) is 14.7 Å². The molecule has 1 aromatic carbocycles. The summed E-state index contributed by atoms with van der Waals surface area (Å²) in [4.78, 5) is 26.6. The van der Waals surface area contributed by atoms with Crippen LogP contribution in [-0.2, 0) is 14.3 Å². The first-order valence-electron chi connectivity index (χ1n) is 8.21. The summed E-state index contributed by atoms with van der Waals surface area (Å²) in [5.74, 6) is -2.09. The lowest BCUT2D eigenvalue weighted by atomic mass is 9.74. The van der Waals surface area contributed by atoms with Gasteiger partial charge in [-0.25, -0.2) is 0 Å². The number of rotatable bonds is 5. The molecule has 0 radical (unpaired) electrons. The number of hydrogen-bond donors (Lipinski definition) is 1. The average Bonchev–Trinajstić information content (AvgIpc) is 3.24. The van der Waals surface area contributed by atoms with Crippen LogP contribution in [0.15, 0.2) is 49.1 Å². The topological polar surface area (TPSA) is 76.1 Å². The smallest absolute Gasteiger partial charge is 0.310 e. The summed E-state index contributed by atoms with van der Waals surface area (Å²) in [7, 11) is 1.58. The van der Waals surface area contributed by atoms with Crippen LogP contribution in [0.3, 0.4) is 0 Å². The predicted octanol–water partition coefficient (Wildman–Crippen LogP) is 2.01. The Labute approximate surface area is 145 Å². The molecule has 25 heavy (non-hydrogen) atoms. The predicted molar refractivity (Wildman–Crippen MR) is 90.4 cm³/mol. The van der Waals surface area contributed by atoms with Gasteiger partial charge in [-0.3, -0.25) is 9.59 Å². The van der Waals surface area contributed by atoms with Crippen molar-refractivity contribution in [2.45, 2.75) is 24.2 Å². The number of aliphatic carboxylic acids is 1. The third kappa shape index (κ3) is 2.00. The molecule has 6 nitrogen and oxygen atoms in total. The molecule has 1 N–H and O–H groups in total. The maximum atomic E-state index is 13.2. The largest absolute Gasteiger partial charge is 0.497 e. The Morgan fingerprint density at radius 3 is 2.76 bits per heavy atom. The number of fused-ring (bicyclic) bond motifs is 1. The normalized spacial score (nSPS) is 35.1. The van der Waals surface area contributed by atoms with Gasteiger partial charge in [0.2, 0.25) is 5.91 Å². The fraction of sp³-hybridized carbons (Fsp3) is 0.368. The zero-order chi connectivity index (χ0) is 17.8. The van der Waals surface area contributed by atoms with Crippen molar-refractivity contribution in [3.05, 3.63) is 49.1 Å². The van der Waals surface area contributed by atoms with Gasteiger partial charge in [0, 0.05) is 5.69 Å². The summed E-state index contributed by atoms with van der Waals surface area (Å²) >= 11 is 0. The van der Waals surface area contributed by atoms with Gasteiger partial charge >= 0.3 is 5.97 Å². The van der Waals surface area contributed by atoms with Crippen molar-refractivity contribution in [2.75, 3.05) is 12.0 Å². The van der Waals surface area contributed by atoms with Crippen molar-refractivity contribution >= 4 is 17.6 Å². The Morgan fingerprint density at radius 2 is 2.16 bits per heavy atom. The molecular formula is C19H19NO5. The average molecular weight is 341 g/mol. The van der Waals surface area contributed by atoms with E-state index in [4.69, 9.17) is 9.47 Å². The van der Waals surface area contributed by atoms with Gasteiger partial charge in [-0.05, 0) is 30.7 Å². The summed E-state index contributed by atoms with van der Waals surface area (Å²) in [6.45, 7) is 3.80. The van der Waals surface area contributed by atoms with E-state index in [2.05, 4.69) is 6.58 Å². The van der Waals surface area contributed by atoms with Crippen molar-refractivity contribution in [3.63, 3.8) is 0 Å². The van der Waals surface area contributed by atoms with E-state index in [1.54, 1.807) is 48.4 Å². The van der Waals surface area contributed by atoms with Crippen LogP contribution in [-0.4, -0.2) is 41.8 Å². The van der Waals surface area contributed by atoms with Crippen LogP contribution in [0.2, 0.25) is 0 Å². The molecule has 2 fully saturated rings. The van der Waals surface area contributed by atoms with E-state index in [-0.39, 0.29) is 11.9 Å². The Bertz CT molecular complexity index is 771. The molecule has 3 aliphatic heterocycles. The number of carboxylic acid groups (broad SMARTS) is 1. The van der Waals surface area contributed by atoms with Gasteiger partial charge < -0.3 is 19.5 Å². The summed E-state index contributed by atoms with van der Waals surface area (Å²) in [5.41, 5.74) is -0.204. The summed E-state index contributed by atoms with van der Waals surface area (Å²) in [5, 5.41) is 9.62. The van der Waals surface area contributed by atoms with Crippen LogP contribution in [0.1, 0.15) is 6.42 Å². The highest BCUT2D eigenvalue weighted by molar-refractivity contribution is 6.03. The van der Waals surface area contributed by atoms with E-state index < -0.39 is 29.5 Å². The van der Waals surface area contributed by atoms with E-state index in [1.165, 1.54) is 0 Å². The van der Waals surface area contributed by atoms with Crippen molar-refractivity contribution in [2.24, 2.45) is 11.8 Å². The number of nitrogens with zero attached hydrogens (tertiary/aromatic N) is 1. The highest BCUT2D eigenvalue weighted by atomic mass is 16.5. The molecule has 1 amide bonds. The van der Waals surface area contributed by atoms with E-state index in [0.717, 1.165) is 0 Å². The molecule has 0 aliphatic carbocycles. The van der Waals surface area contributed by atoms with Gasteiger partial charge in [-0.1, -0.05) is 18.2 Å². The molecule has 3 aliphatic rings. The zero-order valence-corrected chi connectivity index (χ0v) is 13.8. The minimum Gasteiger partial charge on any atom is -0.497 e. The lowest BCUT2D eigenvalue weighted by molar-refractivity contribution is -0.146. The Morgan fingerprint density at radius 1 is 1.44 bits per heavy atom. The summed E-state index contributed by atoms with van der Waals surface area (Å²) in [6, 6.07) is 6.85. The zero-order valence-electron chi connectivity index (χ0n) is 13.8. The fourth-order valence-electron chi connectivity index (χ4n) is 4.43. The lowest BCUT2D eigenvalue weighted by Crippen LogP contribution is -2.45. The van der Waals surface area contributed by atoms with Crippen LogP contribution in [0.5, 0.6) is 5.75 Å². The van der Waals surface area contributed by atoms with Crippen molar-refractivity contribution in [1.82, 2.24) is 0 Å². The van der Waals surface area contributed by atoms with E-state index in [0.29, 0.717) is 17.9 Å². The number of carbonyl (C=O) groups excluding carboxylic acids is 1. The second-order valence-corrected chi connectivity index (χ2v) is 6.58. The number of amides is 1. The molecule has 6 heteroatoms. The maximum absolute atomic E-state index is 13.2. The van der Waals surface area contributed by atoms with E-state index >= 15 is 0 Å². The number of hydrogen-bond acceptors (Lipinski definition) is 4. The first kappa shape index (κ1) is 15.9. The van der Waals surface area contributed by atoms with Crippen LogP contribution in [0, 0.1) is 11.8 Å². The number of carbonyl (C=O) groups is 2. The quantitative estimate of drug-likeness (QED) is 0.829. The number of carboxylic acids is 1. The minimum absolute atomic E-state index is 0.212. The number of anilines is 1. The molecular weight excluding hydrogens is 322 g/mol. The number of benzene rings is 1. The van der Waals surface area contributed by atoms with Gasteiger partial charge in [-0.2, -0.15) is 0 Å². The van der Waals surface area contributed by atoms with Crippen molar-refractivity contribution in [1.29, 1.82) is 0 Å². The third-order valence-electron chi connectivity index (χ3n) is 5.45. The monoisotopic (exact) mass is 341 g/mol. The van der Waals surface area contributed by atoms with Crippen molar-refractivity contribution in [3.8, 4) is 5.75 Å². The first-order valence-corrected chi connectivity index (χ1v) is 8.21. The second-order valence-electron chi connectivity index (χ2n) is 6.58. The molecule has 5 atom stereocenters. The molecule has 0 unspecified atom stereocenters. The second kappa shape index (κ2) is 5.46. The third-order valence-corrected chi connectivity index (χ3v) is 5.45. The van der Waals surface area contributed by atoms with Crippen LogP contribution in [0.25, 0.3) is 0 Å². The van der Waals surface area contributed by atoms with Gasteiger partial charge in [0.1, 0.15) is 17.3 Å². The molecule has 0 aromatic heterocycles. The van der Waals surface area contributed by atoms with Crippen LogP contribution >= 0.6 is 0 Å². The molecule has 130 valence electrons. The summed E-state index contributed by atoms with van der Waals surface area (Å²) in [6.07, 6.45) is 5.35. The maximum Gasteiger partial charge on any atom is 0.310 e. The highest BCUT2D eigenvalue weighted by Gasteiger charge is 2.71. The molecule has 1 spiro atoms. The fourth-order valence-corrected chi connectivity index (χ4v) is 4.43. The Hall–Kier alpha value is -2.60. The highest BCUT2D eigenvalue weighted by Crippen LogP contribution is 2.56. The number of methoxy groups -OCH3 is 1. The van der Waals surface area contributed by atoms with Gasteiger partial charge in [0.25, 0.3) is 0 Å². The molecule has 0 saturated carbocycles. The van der Waals surface area contributed by atoms with Crippen molar-refractivity contribution < 1.29 is 24.2 Å². The van der Waals surface area contributed by atoms with Gasteiger partial charge in [0.15, 0.2) is 0 Å². The van der Waals surface area contributed by atoms with Crippen LogP contribution < -0.4 is 9.64 Å². The summed E-state index contributed by atoms with van der Waals surface area (Å²) < 4.78 is 11.2. The molecule has 2 saturated heterocycles. The van der Waals surface area contributed by atoms with Crippen LogP contribution in [0.4, 0.5) is 5.69 Å². The molecule has 4 rings (SSSR count). The lowest BCUT2D eigenvalue weighted by Gasteiger charge is -2.32. The van der Waals surface area contributed by atoms with E-state index in [1.807, 2.05) is 6.08 Å². The minimum atomic E-state index is -0.997. The SMILES string of the molecule is C=CC[C@H]1N(c2ccc(OC)cc2)C(=O)[C@H]2[C@H](C(=O)O)[C@@H]3C=C[C@@]21O3. The molecule has 2 bridgehead atoms. The molecule has 3 heterocycles.